The van der Waals surface area contributed by atoms with E-state index in [-0.39, 0.29) is 11.6 Å². The number of carbonyl (C=O) groups is 2. The van der Waals surface area contributed by atoms with Gasteiger partial charge in [-0.2, -0.15) is 0 Å². The molecule has 0 bridgehead atoms. The van der Waals surface area contributed by atoms with Crippen LogP contribution in [0.4, 0.5) is 16.2 Å². The van der Waals surface area contributed by atoms with Crippen LogP contribution in [0.25, 0.3) is 5.69 Å². The fourth-order valence-electron chi connectivity index (χ4n) is 2.79. The molecular formula is C22H25N5O4. The van der Waals surface area contributed by atoms with Crippen molar-refractivity contribution in [3.05, 3.63) is 59.9 Å². The number of anilines is 2. The Bertz CT molecular complexity index is 1080. The van der Waals surface area contributed by atoms with Gasteiger partial charge in [-0.15, -0.1) is 5.10 Å². The summed E-state index contributed by atoms with van der Waals surface area (Å²) < 4.78 is 11.9. The van der Waals surface area contributed by atoms with Crippen LogP contribution in [-0.4, -0.2) is 40.7 Å². The molecule has 0 radical (unpaired) electrons. The fourth-order valence-corrected chi connectivity index (χ4v) is 2.79. The van der Waals surface area contributed by atoms with Crippen molar-refractivity contribution in [2.45, 2.75) is 20.8 Å². The largest absolute Gasteiger partial charge is 0.497 e. The molecule has 0 aliphatic carbocycles. The first-order valence-electron chi connectivity index (χ1n) is 9.79. The maximum Gasteiger partial charge on any atom is 0.411 e. The summed E-state index contributed by atoms with van der Waals surface area (Å²) in [5.74, 6) is 0.505. The molecule has 0 spiro atoms. The summed E-state index contributed by atoms with van der Waals surface area (Å²) in [5.41, 5.74) is 2.51. The molecule has 2 N–H and O–H groups in total. The Morgan fingerprint density at radius 3 is 2.48 bits per heavy atom. The Morgan fingerprint density at radius 1 is 1.06 bits per heavy atom. The number of nitrogens with one attached hydrogen (secondary N) is 2. The van der Waals surface area contributed by atoms with Gasteiger partial charge in [0.25, 0.3) is 5.91 Å². The lowest BCUT2D eigenvalue weighted by atomic mass is 10.2. The van der Waals surface area contributed by atoms with Crippen molar-refractivity contribution >= 4 is 23.4 Å². The number of hydrogen-bond donors (Lipinski definition) is 2. The second kappa shape index (κ2) is 9.75. The van der Waals surface area contributed by atoms with Crippen molar-refractivity contribution in [3.8, 4) is 11.4 Å². The molecule has 31 heavy (non-hydrogen) atoms. The molecular weight excluding hydrogens is 398 g/mol. The van der Waals surface area contributed by atoms with Gasteiger partial charge in [-0.3, -0.25) is 10.1 Å². The molecule has 9 nitrogen and oxygen atoms in total. The lowest BCUT2D eigenvalue weighted by Crippen LogP contribution is -2.17. The highest BCUT2D eigenvalue weighted by molar-refractivity contribution is 6.04. The van der Waals surface area contributed by atoms with Crippen LogP contribution in [0.3, 0.4) is 0 Å². The molecule has 9 heteroatoms. The van der Waals surface area contributed by atoms with Crippen molar-refractivity contribution in [1.82, 2.24) is 15.0 Å². The van der Waals surface area contributed by atoms with E-state index in [0.29, 0.717) is 29.4 Å². The molecule has 0 atom stereocenters. The molecule has 3 aromatic rings. The third-order valence-corrected chi connectivity index (χ3v) is 4.32. The highest BCUT2D eigenvalue weighted by Gasteiger charge is 2.18. The van der Waals surface area contributed by atoms with Gasteiger partial charge < -0.3 is 14.8 Å². The van der Waals surface area contributed by atoms with E-state index in [2.05, 4.69) is 20.9 Å². The number of methoxy groups -OCH3 is 1. The van der Waals surface area contributed by atoms with Gasteiger partial charge in [0, 0.05) is 17.4 Å². The minimum atomic E-state index is -0.547. The monoisotopic (exact) mass is 423 g/mol. The lowest BCUT2D eigenvalue weighted by Gasteiger charge is -2.10. The molecule has 2 aromatic carbocycles. The third-order valence-electron chi connectivity index (χ3n) is 4.32. The summed E-state index contributed by atoms with van der Waals surface area (Å²) in [5, 5.41) is 13.5. The summed E-state index contributed by atoms with van der Waals surface area (Å²) in [6.07, 6.45) is -0.547. The summed E-state index contributed by atoms with van der Waals surface area (Å²) in [7, 11) is 1.58. The standard InChI is InChI=1S/C22H25N5O4/c1-14(2)13-31-22(29)24-17-8-5-7-16(11-17)23-21(28)20-15(3)27(26-25-20)18-9-6-10-19(12-18)30-4/h5-12,14H,13H2,1-4H3,(H,23,28)(H,24,29). The van der Waals surface area contributed by atoms with E-state index in [1.165, 1.54) is 0 Å². The average molecular weight is 423 g/mol. The van der Waals surface area contributed by atoms with Crippen molar-refractivity contribution < 1.29 is 19.1 Å². The Hall–Kier alpha value is -3.88. The highest BCUT2D eigenvalue weighted by atomic mass is 16.5. The summed E-state index contributed by atoms with van der Waals surface area (Å²) in [6, 6.07) is 14.1. The Kier molecular flexibility index (Phi) is 6.86. The van der Waals surface area contributed by atoms with Crippen LogP contribution >= 0.6 is 0 Å². The van der Waals surface area contributed by atoms with Crippen LogP contribution in [0.2, 0.25) is 0 Å². The average Bonchev–Trinajstić information content (AvgIpc) is 3.14. The van der Waals surface area contributed by atoms with Crippen LogP contribution in [0, 0.1) is 12.8 Å². The molecule has 1 heterocycles. The molecule has 0 saturated heterocycles. The normalized spacial score (nSPS) is 10.6. The van der Waals surface area contributed by atoms with Crippen molar-refractivity contribution in [3.63, 3.8) is 0 Å². The number of carbonyl (C=O) groups excluding carboxylic acids is 2. The Labute approximate surface area is 180 Å². The first-order valence-corrected chi connectivity index (χ1v) is 9.79. The van der Waals surface area contributed by atoms with Gasteiger partial charge in [-0.05, 0) is 43.2 Å². The SMILES string of the molecule is COc1cccc(-n2nnc(C(=O)Nc3cccc(NC(=O)OCC(C)C)c3)c2C)c1. The van der Waals surface area contributed by atoms with Crippen molar-refractivity contribution in [2.75, 3.05) is 24.4 Å². The van der Waals surface area contributed by atoms with E-state index >= 15 is 0 Å². The quantitative estimate of drug-likeness (QED) is 0.594. The number of hydrogen-bond acceptors (Lipinski definition) is 6. The smallest absolute Gasteiger partial charge is 0.411 e. The van der Waals surface area contributed by atoms with Gasteiger partial charge in [-0.25, -0.2) is 9.48 Å². The van der Waals surface area contributed by atoms with Crippen LogP contribution < -0.4 is 15.4 Å². The lowest BCUT2D eigenvalue weighted by molar-refractivity contribution is 0.102. The zero-order valence-electron chi connectivity index (χ0n) is 17.9. The van der Waals surface area contributed by atoms with E-state index < -0.39 is 12.0 Å². The number of nitrogens with zero attached hydrogens (tertiary/aromatic N) is 3. The fraction of sp³-hybridized carbons (Fsp3) is 0.273. The molecule has 0 aliphatic heterocycles. The highest BCUT2D eigenvalue weighted by Crippen LogP contribution is 2.20. The van der Waals surface area contributed by atoms with E-state index in [0.717, 1.165) is 5.69 Å². The topological polar surface area (TPSA) is 107 Å². The summed E-state index contributed by atoms with van der Waals surface area (Å²) >= 11 is 0. The number of amides is 2. The minimum absolute atomic E-state index is 0.192. The van der Waals surface area contributed by atoms with Gasteiger partial charge in [0.15, 0.2) is 5.69 Å². The van der Waals surface area contributed by atoms with Crippen LogP contribution in [-0.2, 0) is 4.74 Å². The van der Waals surface area contributed by atoms with Gasteiger partial charge in [0.05, 0.1) is 25.1 Å². The van der Waals surface area contributed by atoms with Gasteiger partial charge in [-0.1, -0.05) is 31.2 Å². The molecule has 1 aromatic heterocycles. The van der Waals surface area contributed by atoms with E-state index in [4.69, 9.17) is 9.47 Å². The van der Waals surface area contributed by atoms with E-state index in [1.54, 1.807) is 49.0 Å². The summed E-state index contributed by atoms with van der Waals surface area (Å²) in [6.45, 7) is 5.99. The second-order valence-corrected chi connectivity index (χ2v) is 7.29. The molecule has 3 rings (SSSR count). The number of aromatic nitrogens is 3. The molecule has 0 aliphatic rings. The van der Waals surface area contributed by atoms with Crippen LogP contribution in [0.1, 0.15) is 30.0 Å². The Morgan fingerprint density at radius 2 is 1.77 bits per heavy atom. The van der Waals surface area contributed by atoms with Crippen molar-refractivity contribution in [1.29, 1.82) is 0 Å². The van der Waals surface area contributed by atoms with Gasteiger partial charge in [0.2, 0.25) is 0 Å². The van der Waals surface area contributed by atoms with Crippen LogP contribution in [0.15, 0.2) is 48.5 Å². The number of ether oxygens (including phenoxy) is 2. The second-order valence-electron chi connectivity index (χ2n) is 7.29. The zero-order valence-corrected chi connectivity index (χ0v) is 17.9. The molecule has 2 amide bonds. The maximum absolute atomic E-state index is 12.7. The predicted octanol–water partition coefficient (Wildman–Crippen LogP) is 4.04. The van der Waals surface area contributed by atoms with E-state index in [1.807, 2.05) is 32.0 Å². The predicted molar refractivity (Wildman–Crippen MR) is 117 cm³/mol. The minimum Gasteiger partial charge on any atom is -0.497 e. The van der Waals surface area contributed by atoms with Gasteiger partial charge in [0.1, 0.15) is 5.75 Å². The van der Waals surface area contributed by atoms with Crippen LogP contribution in [0.5, 0.6) is 5.75 Å². The molecule has 0 saturated carbocycles. The molecule has 0 fully saturated rings. The number of rotatable bonds is 7. The van der Waals surface area contributed by atoms with Crippen molar-refractivity contribution in [2.24, 2.45) is 5.92 Å². The first-order chi connectivity index (χ1) is 14.9. The molecule has 0 unspecified atom stereocenters. The maximum atomic E-state index is 12.7. The zero-order chi connectivity index (χ0) is 22.4. The first kappa shape index (κ1) is 21.8. The molecule has 162 valence electrons. The van der Waals surface area contributed by atoms with E-state index in [9.17, 15) is 9.59 Å². The summed E-state index contributed by atoms with van der Waals surface area (Å²) in [4.78, 5) is 24.6. The Balaban J connectivity index is 1.71. The number of benzene rings is 2. The third kappa shape index (κ3) is 5.59. The van der Waals surface area contributed by atoms with Gasteiger partial charge >= 0.3 is 6.09 Å².